The van der Waals surface area contributed by atoms with Crippen LogP contribution in [0.2, 0.25) is 5.02 Å². The van der Waals surface area contributed by atoms with E-state index in [0.717, 1.165) is 25.1 Å². The summed E-state index contributed by atoms with van der Waals surface area (Å²) in [6.45, 7) is 6.70. The summed E-state index contributed by atoms with van der Waals surface area (Å²) in [5.74, 6) is 2.04. The molecule has 0 atom stereocenters. The molecule has 0 amide bonds. The minimum absolute atomic E-state index is 0.141. The third-order valence-electron chi connectivity index (χ3n) is 3.42. The maximum Gasteiger partial charge on any atom is 0.416 e. The maximum atomic E-state index is 12.9. The number of alkyl halides is 3. The number of halogens is 4. The second-order valence-corrected chi connectivity index (χ2v) is 6.52. The molecule has 0 aliphatic heterocycles. The van der Waals surface area contributed by atoms with Gasteiger partial charge in [-0.25, -0.2) is 9.97 Å². The number of hydrogen-bond donors (Lipinski definition) is 2. The predicted octanol–water partition coefficient (Wildman–Crippen LogP) is 5.66. The number of nitrogens with zero attached hydrogens (tertiary/aromatic N) is 2. The molecule has 25 heavy (non-hydrogen) atoms. The Morgan fingerprint density at radius 3 is 2.44 bits per heavy atom. The molecule has 0 saturated heterocycles. The van der Waals surface area contributed by atoms with Gasteiger partial charge in [-0.3, -0.25) is 0 Å². The zero-order valence-electron chi connectivity index (χ0n) is 14.2. The van der Waals surface area contributed by atoms with Gasteiger partial charge in [-0.1, -0.05) is 25.4 Å². The van der Waals surface area contributed by atoms with E-state index >= 15 is 0 Å². The maximum absolute atomic E-state index is 12.9. The molecule has 2 rings (SSSR count). The Balaban J connectivity index is 2.21. The molecule has 2 aromatic rings. The van der Waals surface area contributed by atoms with Crippen LogP contribution in [0.3, 0.4) is 0 Å². The summed E-state index contributed by atoms with van der Waals surface area (Å²) >= 11 is 6.01. The van der Waals surface area contributed by atoms with Crippen molar-refractivity contribution in [2.45, 2.75) is 33.4 Å². The molecular weight excluding hydrogens is 353 g/mol. The van der Waals surface area contributed by atoms with Crippen LogP contribution in [0.15, 0.2) is 24.3 Å². The van der Waals surface area contributed by atoms with E-state index in [4.69, 9.17) is 11.6 Å². The van der Waals surface area contributed by atoms with E-state index in [1.165, 1.54) is 6.07 Å². The van der Waals surface area contributed by atoms with Gasteiger partial charge in [0.15, 0.2) is 0 Å². The van der Waals surface area contributed by atoms with Gasteiger partial charge in [0.1, 0.15) is 17.5 Å². The molecule has 8 heteroatoms. The van der Waals surface area contributed by atoms with E-state index < -0.39 is 11.7 Å². The molecule has 0 bridgehead atoms. The fourth-order valence-corrected chi connectivity index (χ4v) is 2.31. The van der Waals surface area contributed by atoms with Crippen LogP contribution in [0.5, 0.6) is 0 Å². The fraction of sp³-hybridized carbons (Fsp3) is 0.412. The van der Waals surface area contributed by atoms with Crippen LogP contribution in [0.4, 0.5) is 30.5 Å². The van der Waals surface area contributed by atoms with Crippen LogP contribution < -0.4 is 10.6 Å². The highest BCUT2D eigenvalue weighted by atomic mass is 35.5. The summed E-state index contributed by atoms with van der Waals surface area (Å²) in [6, 6.07) is 4.76. The summed E-state index contributed by atoms with van der Waals surface area (Å²) in [5.41, 5.74) is -0.636. The average Bonchev–Trinajstić information content (AvgIpc) is 2.47. The molecule has 0 saturated carbocycles. The standard InChI is InChI=1S/C17H20ClF3N4/c1-10(2)6-7-22-15-9-16(24-11(3)23-15)25-14-8-12(17(19,20)21)4-5-13(14)18/h4-5,8-10H,6-7H2,1-3H3,(H2,22,23,24,25). The van der Waals surface area contributed by atoms with E-state index in [-0.39, 0.29) is 10.7 Å². The molecular formula is C17H20ClF3N4. The van der Waals surface area contributed by atoms with Crippen LogP contribution in [0.1, 0.15) is 31.7 Å². The fourth-order valence-electron chi connectivity index (χ4n) is 2.15. The van der Waals surface area contributed by atoms with Crippen LogP contribution >= 0.6 is 11.6 Å². The van der Waals surface area contributed by atoms with Crippen LogP contribution in [0, 0.1) is 12.8 Å². The molecule has 1 heterocycles. The van der Waals surface area contributed by atoms with Gasteiger partial charge >= 0.3 is 6.18 Å². The summed E-state index contributed by atoms with van der Waals surface area (Å²) in [4.78, 5) is 8.48. The first-order valence-electron chi connectivity index (χ1n) is 7.88. The van der Waals surface area contributed by atoms with Crippen molar-refractivity contribution < 1.29 is 13.2 Å². The van der Waals surface area contributed by atoms with Crippen LogP contribution in [-0.2, 0) is 6.18 Å². The highest BCUT2D eigenvalue weighted by Gasteiger charge is 2.31. The zero-order valence-corrected chi connectivity index (χ0v) is 15.0. The molecule has 0 unspecified atom stereocenters. The first-order valence-corrected chi connectivity index (χ1v) is 8.26. The summed E-state index contributed by atoms with van der Waals surface area (Å²) in [7, 11) is 0. The van der Waals surface area contributed by atoms with Crippen LogP contribution in [-0.4, -0.2) is 16.5 Å². The molecule has 0 aliphatic carbocycles. The van der Waals surface area contributed by atoms with Crippen molar-refractivity contribution in [1.29, 1.82) is 0 Å². The van der Waals surface area contributed by atoms with Crippen molar-refractivity contribution in [2.24, 2.45) is 5.92 Å². The highest BCUT2D eigenvalue weighted by Crippen LogP contribution is 2.34. The first-order chi connectivity index (χ1) is 11.6. The summed E-state index contributed by atoms with van der Waals surface area (Å²) < 4.78 is 38.6. The lowest BCUT2D eigenvalue weighted by atomic mass is 10.1. The Hall–Kier alpha value is -2.02. The molecule has 0 fully saturated rings. The van der Waals surface area contributed by atoms with Crippen molar-refractivity contribution in [3.05, 3.63) is 40.7 Å². The number of aryl methyl sites for hydroxylation is 1. The quantitative estimate of drug-likeness (QED) is 0.687. The molecule has 1 aromatic heterocycles. The van der Waals surface area contributed by atoms with Gasteiger partial charge in [0.25, 0.3) is 0 Å². The number of hydrogen-bond acceptors (Lipinski definition) is 4. The average molecular weight is 373 g/mol. The summed E-state index contributed by atoms with van der Waals surface area (Å²) in [6.07, 6.45) is -3.46. The van der Waals surface area contributed by atoms with E-state index in [1.807, 2.05) is 0 Å². The largest absolute Gasteiger partial charge is 0.416 e. The van der Waals surface area contributed by atoms with Gasteiger partial charge in [0.2, 0.25) is 0 Å². The number of aromatic nitrogens is 2. The highest BCUT2D eigenvalue weighted by molar-refractivity contribution is 6.33. The van der Waals surface area contributed by atoms with Gasteiger partial charge in [0, 0.05) is 12.6 Å². The summed E-state index contributed by atoms with van der Waals surface area (Å²) in [5, 5.41) is 6.21. The smallest absolute Gasteiger partial charge is 0.370 e. The second kappa shape index (κ2) is 7.91. The van der Waals surface area contributed by atoms with Gasteiger partial charge in [-0.05, 0) is 37.5 Å². The van der Waals surface area contributed by atoms with Gasteiger partial charge in [0.05, 0.1) is 16.3 Å². The van der Waals surface area contributed by atoms with Gasteiger partial charge in [-0.15, -0.1) is 0 Å². The third-order valence-corrected chi connectivity index (χ3v) is 3.75. The third kappa shape index (κ3) is 5.77. The van der Waals surface area contributed by atoms with E-state index in [0.29, 0.717) is 23.4 Å². The van der Waals surface area contributed by atoms with E-state index in [2.05, 4.69) is 34.4 Å². The second-order valence-electron chi connectivity index (χ2n) is 6.11. The molecule has 2 N–H and O–H groups in total. The Labute approximate surface area is 149 Å². The zero-order chi connectivity index (χ0) is 18.6. The van der Waals surface area contributed by atoms with Crippen molar-refractivity contribution >= 4 is 28.9 Å². The lowest BCUT2D eigenvalue weighted by Crippen LogP contribution is -2.09. The minimum atomic E-state index is -4.44. The molecule has 0 aliphatic rings. The monoisotopic (exact) mass is 372 g/mol. The molecule has 0 spiro atoms. The lowest BCUT2D eigenvalue weighted by Gasteiger charge is -2.13. The molecule has 4 nitrogen and oxygen atoms in total. The Morgan fingerprint density at radius 2 is 1.80 bits per heavy atom. The van der Waals surface area contributed by atoms with Gasteiger partial charge in [-0.2, -0.15) is 13.2 Å². The van der Waals surface area contributed by atoms with Crippen molar-refractivity contribution in [3.63, 3.8) is 0 Å². The Morgan fingerprint density at radius 1 is 1.12 bits per heavy atom. The predicted molar refractivity (Wildman–Crippen MR) is 94.5 cm³/mol. The number of benzene rings is 1. The molecule has 0 radical (unpaired) electrons. The molecule has 136 valence electrons. The van der Waals surface area contributed by atoms with Crippen LogP contribution in [0.25, 0.3) is 0 Å². The Kier molecular flexibility index (Phi) is 6.11. The molecule has 1 aromatic carbocycles. The first kappa shape index (κ1) is 19.3. The normalized spacial score (nSPS) is 11.7. The Bertz CT molecular complexity index is 732. The number of nitrogens with one attached hydrogen (secondary N) is 2. The topological polar surface area (TPSA) is 49.8 Å². The van der Waals surface area contributed by atoms with Gasteiger partial charge < -0.3 is 10.6 Å². The van der Waals surface area contributed by atoms with E-state index in [9.17, 15) is 13.2 Å². The van der Waals surface area contributed by atoms with Crippen molar-refractivity contribution in [3.8, 4) is 0 Å². The SMILES string of the molecule is Cc1nc(NCCC(C)C)cc(Nc2cc(C(F)(F)F)ccc2Cl)n1. The number of rotatable bonds is 6. The van der Waals surface area contributed by atoms with E-state index in [1.54, 1.807) is 13.0 Å². The number of anilines is 3. The van der Waals surface area contributed by atoms with Crippen molar-refractivity contribution in [2.75, 3.05) is 17.2 Å². The minimum Gasteiger partial charge on any atom is -0.370 e. The van der Waals surface area contributed by atoms with Crippen molar-refractivity contribution in [1.82, 2.24) is 9.97 Å². The lowest BCUT2D eigenvalue weighted by molar-refractivity contribution is -0.137.